The van der Waals surface area contributed by atoms with Gasteiger partial charge in [-0.05, 0) is 38.0 Å². The molecule has 0 spiro atoms. The number of halogens is 1. The molecule has 1 aromatic heterocycles. The second kappa shape index (κ2) is 7.04. The third-order valence-electron chi connectivity index (χ3n) is 3.42. The van der Waals surface area contributed by atoms with E-state index in [4.69, 9.17) is 20.8 Å². The summed E-state index contributed by atoms with van der Waals surface area (Å²) in [6.07, 6.45) is -0.891. The highest BCUT2D eigenvalue weighted by Crippen LogP contribution is 2.28. The van der Waals surface area contributed by atoms with Crippen LogP contribution in [-0.2, 0) is 9.53 Å². The minimum atomic E-state index is -0.891. The summed E-state index contributed by atoms with van der Waals surface area (Å²) in [7, 11) is 0. The number of carbonyl (C=O) groups is 2. The Bertz CT molecular complexity index is 736. The monoisotopic (exact) mass is 337 g/mol. The molecule has 0 aliphatic carbocycles. The van der Waals surface area contributed by atoms with Gasteiger partial charge in [-0.2, -0.15) is 0 Å². The molecule has 0 fully saturated rings. The Morgan fingerprint density at radius 2 is 2.00 bits per heavy atom. The zero-order valence-electron chi connectivity index (χ0n) is 13.6. The molecule has 5 nitrogen and oxygen atoms in total. The molecule has 1 aromatic carbocycles. The standard InChI is InChI=1S/C17H20ClNO4/c1-9(2)8-19-16(20)11(4)22-17(21)15-10(3)13-7-12(18)5-6-14(13)23-15/h5-7,9,11H,8H2,1-4H3,(H,19,20)/t11-/m0/s1. The lowest BCUT2D eigenvalue weighted by Crippen LogP contribution is -2.37. The Balaban J connectivity index is 2.11. The van der Waals surface area contributed by atoms with Crippen molar-refractivity contribution >= 4 is 34.4 Å². The summed E-state index contributed by atoms with van der Waals surface area (Å²) in [6.45, 7) is 7.78. The van der Waals surface area contributed by atoms with Crippen molar-refractivity contribution in [3.63, 3.8) is 0 Å². The number of hydrogen-bond donors (Lipinski definition) is 1. The van der Waals surface area contributed by atoms with Crippen LogP contribution in [0.25, 0.3) is 11.0 Å². The molecule has 6 heteroatoms. The summed E-state index contributed by atoms with van der Waals surface area (Å²) < 4.78 is 10.7. The molecule has 0 unspecified atom stereocenters. The van der Waals surface area contributed by atoms with Gasteiger partial charge in [-0.1, -0.05) is 25.4 Å². The number of furan rings is 1. The van der Waals surface area contributed by atoms with Crippen LogP contribution in [0.4, 0.5) is 0 Å². The Labute approximate surface area is 139 Å². The maximum Gasteiger partial charge on any atom is 0.375 e. The van der Waals surface area contributed by atoms with Crippen molar-refractivity contribution in [3.8, 4) is 0 Å². The predicted molar refractivity (Wildman–Crippen MR) is 88.7 cm³/mol. The molecule has 0 radical (unpaired) electrons. The maximum absolute atomic E-state index is 12.2. The first kappa shape index (κ1) is 17.3. The fourth-order valence-corrected chi connectivity index (χ4v) is 2.28. The van der Waals surface area contributed by atoms with E-state index >= 15 is 0 Å². The Morgan fingerprint density at radius 3 is 2.65 bits per heavy atom. The minimum Gasteiger partial charge on any atom is -0.449 e. The Kier molecular flexibility index (Phi) is 5.31. The summed E-state index contributed by atoms with van der Waals surface area (Å²) in [5.41, 5.74) is 1.19. The van der Waals surface area contributed by atoms with Gasteiger partial charge in [0, 0.05) is 22.5 Å². The average molecular weight is 338 g/mol. The van der Waals surface area contributed by atoms with Crippen LogP contribution in [0, 0.1) is 12.8 Å². The summed E-state index contributed by atoms with van der Waals surface area (Å²) in [4.78, 5) is 24.1. The lowest BCUT2D eigenvalue weighted by molar-refractivity contribution is -0.129. The molecule has 2 aromatic rings. The van der Waals surface area contributed by atoms with E-state index in [1.54, 1.807) is 25.1 Å². The number of aryl methyl sites for hydroxylation is 1. The maximum atomic E-state index is 12.2. The van der Waals surface area contributed by atoms with Gasteiger partial charge in [0.2, 0.25) is 5.76 Å². The number of nitrogens with one attached hydrogen (secondary N) is 1. The molecule has 1 heterocycles. The van der Waals surface area contributed by atoms with E-state index in [2.05, 4.69) is 5.32 Å². The van der Waals surface area contributed by atoms with Crippen LogP contribution < -0.4 is 5.32 Å². The Morgan fingerprint density at radius 1 is 1.30 bits per heavy atom. The van der Waals surface area contributed by atoms with E-state index in [0.29, 0.717) is 28.6 Å². The van der Waals surface area contributed by atoms with Crippen LogP contribution in [0.1, 0.15) is 36.9 Å². The molecule has 0 bridgehead atoms. The van der Waals surface area contributed by atoms with Crippen molar-refractivity contribution < 1.29 is 18.7 Å². The van der Waals surface area contributed by atoms with E-state index in [-0.39, 0.29) is 11.7 Å². The number of ether oxygens (including phenoxy) is 1. The number of rotatable bonds is 5. The van der Waals surface area contributed by atoms with Crippen molar-refractivity contribution in [1.82, 2.24) is 5.32 Å². The second-order valence-corrected chi connectivity index (χ2v) is 6.32. The van der Waals surface area contributed by atoms with E-state index in [9.17, 15) is 9.59 Å². The van der Waals surface area contributed by atoms with Crippen LogP contribution >= 0.6 is 11.6 Å². The summed E-state index contributed by atoms with van der Waals surface area (Å²) in [6, 6.07) is 5.11. The molecule has 0 aliphatic rings. The first-order chi connectivity index (χ1) is 10.8. The highest BCUT2D eigenvalue weighted by Gasteiger charge is 2.24. The molecule has 0 saturated carbocycles. The summed E-state index contributed by atoms with van der Waals surface area (Å²) in [5.74, 6) is -0.583. The molecular formula is C17H20ClNO4. The fraction of sp³-hybridized carbons (Fsp3) is 0.412. The van der Waals surface area contributed by atoms with Crippen molar-refractivity contribution in [3.05, 3.63) is 34.5 Å². The predicted octanol–water partition coefficient (Wildman–Crippen LogP) is 3.71. The highest BCUT2D eigenvalue weighted by atomic mass is 35.5. The molecule has 23 heavy (non-hydrogen) atoms. The van der Waals surface area contributed by atoms with Crippen molar-refractivity contribution in [2.45, 2.75) is 33.8 Å². The molecule has 1 atom stereocenters. The molecule has 0 aliphatic heterocycles. The lowest BCUT2D eigenvalue weighted by atomic mass is 10.1. The normalized spacial score (nSPS) is 12.4. The van der Waals surface area contributed by atoms with Gasteiger partial charge in [0.05, 0.1) is 0 Å². The first-order valence-electron chi connectivity index (χ1n) is 7.47. The van der Waals surface area contributed by atoms with Crippen LogP contribution in [0.15, 0.2) is 22.6 Å². The number of amides is 1. The van der Waals surface area contributed by atoms with Gasteiger partial charge in [0.25, 0.3) is 5.91 Å². The molecule has 0 saturated heterocycles. The summed E-state index contributed by atoms with van der Waals surface area (Å²) >= 11 is 5.95. The van der Waals surface area contributed by atoms with Gasteiger partial charge in [-0.25, -0.2) is 4.79 Å². The van der Waals surface area contributed by atoms with Crippen molar-refractivity contribution in [2.75, 3.05) is 6.54 Å². The van der Waals surface area contributed by atoms with Gasteiger partial charge in [-0.3, -0.25) is 4.79 Å². The number of esters is 1. The van der Waals surface area contributed by atoms with Gasteiger partial charge in [-0.15, -0.1) is 0 Å². The average Bonchev–Trinajstić information content (AvgIpc) is 2.81. The molecular weight excluding hydrogens is 318 g/mol. The van der Waals surface area contributed by atoms with Gasteiger partial charge < -0.3 is 14.5 Å². The second-order valence-electron chi connectivity index (χ2n) is 5.88. The van der Waals surface area contributed by atoms with Gasteiger partial charge in [0.1, 0.15) is 5.58 Å². The largest absolute Gasteiger partial charge is 0.449 e. The fourth-order valence-electron chi connectivity index (χ4n) is 2.10. The van der Waals surface area contributed by atoms with E-state index in [1.165, 1.54) is 6.92 Å². The minimum absolute atomic E-state index is 0.0887. The van der Waals surface area contributed by atoms with Crippen molar-refractivity contribution in [2.24, 2.45) is 5.92 Å². The third-order valence-corrected chi connectivity index (χ3v) is 3.66. The number of hydrogen-bond acceptors (Lipinski definition) is 4. The van der Waals surface area contributed by atoms with E-state index in [0.717, 1.165) is 5.39 Å². The lowest BCUT2D eigenvalue weighted by Gasteiger charge is -2.14. The first-order valence-corrected chi connectivity index (χ1v) is 7.84. The van der Waals surface area contributed by atoms with E-state index in [1.807, 2.05) is 13.8 Å². The smallest absolute Gasteiger partial charge is 0.375 e. The number of benzene rings is 1. The van der Waals surface area contributed by atoms with Crippen molar-refractivity contribution in [1.29, 1.82) is 0 Å². The number of fused-ring (bicyclic) bond motifs is 1. The van der Waals surface area contributed by atoms with Crippen LogP contribution in [0.5, 0.6) is 0 Å². The molecule has 1 N–H and O–H groups in total. The SMILES string of the molecule is Cc1c(C(=O)O[C@@H](C)C(=O)NCC(C)C)oc2ccc(Cl)cc12. The van der Waals surface area contributed by atoms with E-state index < -0.39 is 12.1 Å². The van der Waals surface area contributed by atoms with Crippen LogP contribution in [0.2, 0.25) is 5.02 Å². The quantitative estimate of drug-likeness (QED) is 0.844. The summed E-state index contributed by atoms with van der Waals surface area (Å²) in [5, 5.41) is 4.03. The third kappa shape index (κ3) is 4.05. The van der Waals surface area contributed by atoms with Crippen LogP contribution in [0.3, 0.4) is 0 Å². The topological polar surface area (TPSA) is 68.5 Å². The van der Waals surface area contributed by atoms with Gasteiger partial charge >= 0.3 is 5.97 Å². The molecule has 2 rings (SSSR count). The highest BCUT2D eigenvalue weighted by molar-refractivity contribution is 6.31. The zero-order chi connectivity index (χ0) is 17.1. The zero-order valence-corrected chi connectivity index (χ0v) is 14.4. The molecule has 1 amide bonds. The van der Waals surface area contributed by atoms with Gasteiger partial charge in [0.15, 0.2) is 6.10 Å². The molecule has 124 valence electrons. The Hall–Kier alpha value is -2.01. The number of carbonyl (C=O) groups excluding carboxylic acids is 2. The van der Waals surface area contributed by atoms with Crippen LogP contribution in [-0.4, -0.2) is 24.5 Å².